The Labute approximate surface area is 169 Å². The van der Waals surface area contributed by atoms with Gasteiger partial charge < -0.3 is 14.8 Å². The lowest BCUT2D eigenvalue weighted by atomic mass is 9.93. The molecule has 3 rings (SSSR count). The molecule has 1 N–H and O–H groups in total. The number of hydrogen-bond acceptors (Lipinski definition) is 3. The number of aliphatic imine (C=N–C) groups is 1. The third-order valence-corrected chi connectivity index (χ3v) is 5.49. The molecule has 2 aliphatic rings. The first-order valence-electron chi connectivity index (χ1n) is 9.40. The summed E-state index contributed by atoms with van der Waals surface area (Å²) in [6.07, 6.45) is 9.83. The molecule has 1 aliphatic heterocycles. The number of piperidine rings is 1. The van der Waals surface area contributed by atoms with E-state index in [1.165, 1.54) is 19.3 Å². The molecule has 0 amide bonds. The van der Waals surface area contributed by atoms with Crippen LogP contribution in [0.3, 0.4) is 0 Å². The highest BCUT2D eigenvalue weighted by Gasteiger charge is 2.29. The smallest absolute Gasteiger partial charge is 0.193 e. The van der Waals surface area contributed by atoms with Crippen molar-refractivity contribution in [2.75, 3.05) is 39.8 Å². The molecular formula is C18H33IN6. The van der Waals surface area contributed by atoms with Crippen LogP contribution in [0.4, 0.5) is 0 Å². The molecule has 0 radical (unpaired) electrons. The molecule has 2 unspecified atom stereocenters. The molecule has 1 aromatic heterocycles. The molecule has 6 nitrogen and oxygen atoms in total. The molecule has 25 heavy (non-hydrogen) atoms. The second-order valence-corrected chi connectivity index (χ2v) is 7.12. The molecule has 1 saturated heterocycles. The predicted octanol–water partition coefficient (Wildman–Crippen LogP) is 2.44. The number of nitrogens with one attached hydrogen (secondary N) is 1. The van der Waals surface area contributed by atoms with E-state index in [-0.39, 0.29) is 24.0 Å². The molecule has 1 saturated carbocycles. The van der Waals surface area contributed by atoms with Crippen LogP contribution in [-0.4, -0.2) is 71.1 Å². The molecule has 7 heteroatoms. The van der Waals surface area contributed by atoms with E-state index < -0.39 is 0 Å². The average molecular weight is 460 g/mol. The summed E-state index contributed by atoms with van der Waals surface area (Å²) in [4.78, 5) is 13.7. The normalized spacial score (nSPS) is 24.3. The molecule has 2 fully saturated rings. The zero-order valence-corrected chi connectivity index (χ0v) is 18.1. The Bertz CT molecular complexity index is 528. The highest BCUT2D eigenvalue weighted by Crippen LogP contribution is 2.27. The minimum Gasteiger partial charge on any atom is -0.355 e. The lowest BCUT2D eigenvalue weighted by Crippen LogP contribution is -2.50. The number of aromatic nitrogens is 2. The van der Waals surface area contributed by atoms with Crippen molar-refractivity contribution in [3.8, 4) is 0 Å². The fourth-order valence-corrected chi connectivity index (χ4v) is 3.78. The minimum atomic E-state index is 0. The maximum Gasteiger partial charge on any atom is 0.193 e. The first-order chi connectivity index (χ1) is 11.7. The maximum atomic E-state index is 4.52. The molecular weight excluding hydrogens is 427 g/mol. The average Bonchev–Trinajstić information content (AvgIpc) is 3.29. The molecule has 0 bridgehead atoms. The van der Waals surface area contributed by atoms with Gasteiger partial charge in [-0.2, -0.15) is 0 Å². The van der Waals surface area contributed by atoms with E-state index in [4.69, 9.17) is 0 Å². The highest BCUT2D eigenvalue weighted by atomic mass is 127. The van der Waals surface area contributed by atoms with Gasteiger partial charge in [0.1, 0.15) is 0 Å². The van der Waals surface area contributed by atoms with Gasteiger partial charge in [-0.25, -0.2) is 4.98 Å². The summed E-state index contributed by atoms with van der Waals surface area (Å²) < 4.78 is 2.25. The Morgan fingerprint density at radius 3 is 2.76 bits per heavy atom. The van der Waals surface area contributed by atoms with Gasteiger partial charge in [0.25, 0.3) is 0 Å². The van der Waals surface area contributed by atoms with Gasteiger partial charge in [-0.3, -0.25) is 9.89 Å². The van der Waals surface area contributed by atoms with Gasteiger partial charge in [0, 0.05) is 51.7 Å². The Kier molecular flexibility index (Phi) is 7.99. The van der Waals surface area contributed by atoms with E-state index in [1.807, 2.05) is 19.6 Å². The quantitative estimate of drug-likeness (QED) is 0.403. The van der Waals surface area contributed by atoms with Gasteiger partial charge in [0.2, 0.25) is 0 Å². The van der Waals surface area contributed by atoms with E-state index in [9.17, 15) is 0 Å². The third kappa shape index (κ3) is 5.32. The topological polar surface area (TPSA) is 48.7 Å². The molecule has 0 spiro atoms. The number of guanidine groups is 1. The fraction of sp³-hybridized carbons (Fsp3) is 0.778. The second-order valence-electron chi connectivity index (χ2n) is 7.12. The van der Waals surface area contributed by atoms with Crippen LogP contribution < -0.4 is 5.32 Å². The highest BCUT2D eigenvalue weighted by molar-refractivity contribution is 14.0. The van der Waals surface area contributed by atoms with Crippen LogP contribution in [0.1, 0.15) is 39.2 Å². The van der Waals surface area contributed by atoms with E-state index in [0.29, 0.717) is 12.0 Å². The number of nitrogens with zero attached hydrogens (tertiary/aromatic N) is 5. The lowest BCUT2D eigenvalue weighted by molar-refractivity contribution is 0.188. The molecule has 2 heterocycles. The summed E-state index contributed by atoms with van der Waals surface area (Å²) in [6.45, 7) is 9.90. The van der Waals surface area contributed by atoms with Crippen molar-refractivity contribution in [2.45, 2.75) is 45.2 Å². The summed E-state index contributed by atoms with van der Waals surface area (Å²) in [7, 11) is 1.89. The van der Waals surface area contributed by atoms with Gasteiger partial charge >= 0.3 is 0 Å². The Morgan fingerprint density at radius 2 is 2.16 bits per heavy atom. The van der Waals surface area contributed by atoms with E-state index >= 15 is 0 Å². The van der Waals surface area contributed by atoms with Crippen LogP contribution in [0.2, 0.25) is 0 Å². The summed E-state index contributed by atoms with van der Waals surface area (Å²) in [5, 5.41) is 3.58. The van der Waals surface area contributed by atoms with Crippen LogP contribution in [0.5, 0.6) is 0 Å². The molecule has 1 aliphatic carbocycles. The first-order valence-corrected chi connectivity index (χ1v) is 9.40. The van der Waals surface area contributed by atoms with Crippen molar-refractivity contribution >= 4 is 29.9 Å². The lowest BCUT2D eigenvalue weighted by Gasteiger charge is -2.39. The van der Waals surface area contributed by atoms with Gasteiger partial charge in [0.15, 0.2) is 5.96 Å². The number of likely N-dealkylation sites (N-methyl/N-ethyl adjacent to an activating group) is 1. The minimum absolute atomic E-state index is 0. The number of rotatable bonds is 6. The number of likely N-dealkylation sites (tertiary alicyclic amines) is 1. The van der Waals surface area contributed by atoms with Crippen molar-refractivity contribution in [1.82, 2.24) is 24.7 Å². The van der Waals surface area contributed by atoms with Crippen molar-refractivity contribution in [1.29, 1.82) is 0 Å². The maximum absolute atomic E-state index is 4.52. The van der Waals surface area contributed by atoms with Crippen molar-refractivity contribution in [3.05, 3.63) is 18.7 Å². The second kappa shape index (κ2) is 9.75. The van der Waals surface area contributed by atoms with Crippen molar-refractivity contribution < 1.29 is 0 Å². The van der Waals surface area contributed by atoms with E-state index in [2.05, 4.69) is 49.7 Å². The van der Waals surface area contributed by atoms with Gasteiger partial charge in [-0.05, 0) is 31.7 Å². The SMILES string of the molecule is CCN(CCNC(=NC)N1CCC(C)C(n2ccnc2)C1)C1CC1.I. The van der Waals surface area contributed by atoms with Crippen LogP contribution in [-0.2, 0) is 0 Å². The molecule has 2 atom stereocenters. The number of imidazole rings is 1. The van der Waals surface area contributed by atoms with Crippen LogP contribution in [0.15, 0.2) is 23.7 Å². The third-order valence-electron chi connectivity index (χ3n) is 5.49. The monoisotopic (exact) mass is 460 g/mol. The Balaban J connectivity index is 0.00000225. The molecule has 1 aromatic rings. The summed E-state index contributed by atoms with van der Waals surface area (Å²) in [5.41, 5.74) is 0. The van der Waals surface area contributed by atoms with Gasteiger partial charge in [-0.15, -0.1) is 24.0 Å². The standard InChI is InChI=1S/C18H32N6.HI/c1-4-22(16-5-6-16)12-9-21-18(19-3)23-10-7-15(2)17(13-23)24-11-8-20-14-24;/h8,11,14-17H,4-7,9-10,12-13H2,1-3H3,(H,19,21);1H. The number of hydrogen-bond donors (Lipinski definition) is 1. The molecule has 0 aromatic carbocycles. The van der Waals surface area contributed by atoms with Crippen LogP contribution in [0, 0.1) is 5.92 Å². The number of halogens is 1. The Morgan fingerprint density at radius 1 is 1.36 bits per heavy atom. The van der Waals surface area contributed by atoms with Crippen LogP contribution >= 0.6 is 24.0 Å². The fourth-order valence-electron chi connectivity index (χ4n) is 3.78. The van der Waals surface area contributed by atoms with Crippen molar-refractivity contribution in [3.63, 3.8) is 0 Å². The van der Waals surface area contributed by atoms with Crippen molar-refractivity contribution in [2.24, 2.45) is 10.9 Å². The van der Waals surface area contributed by atoms with Gasteiger partial charge in [-0.1, -0.05) is 13.8 Å². The van der Waals surface area contributed by atoms with Gasteiger partial charge in [0.05, 0.1) is 12.4 Å². The largest absolute Gasteiger partial charge is 0.355 e. The summed E-state index contributed by atoms with van der Waals surface area (Å²) in [5.74, 6) is 1.71. The zero-order chi connectivity index (χ0) is 16.9. The van der Waals surface area contributed by atoms with E-state index in [1.54, 1.807) is 0 Å². The zero-order valence-electron chi connectivity index (χ0n) is 15.8. The summed E-state index contributed by atoms with van der Waals surface area (Å²) >= 11 is 0. The predicted molar refractivity (Wildman–Crippen MR) is 114 cm³/mol. The Hall–Kier alpha value is -0.830. The van der Waals surface area contributed by atoms with E-state index in [0.717, 1.165) is 44.7 Å². The first kappa shape index (κ1) is 20.5. The summed E-state index contributed by atoms with van der Waals surface area (Å²) in [6, 6.07) is 1.30. The molecule has 142 valence electrons. The van der Waals surface area contributed by atoms with Crippen LogP contribution in [0.25, 0.3) is 0 Å².